The van der Waals surface area contributed by atoms with Crippen molar-refractivity contribution >= 4 is 5.91 Å². The van der Waals surface area contributed by atoms with E-state index in [1.165, 1.54) is 0 Å². The monoisotopic (exact) mass is 304 g/mol. The number of nitrogens with one attached hydrogen (secondary N) is 1. The maximum absolute atomic E-state index is 12.3. The van der Waals surface area contributed by atoms with Gasteiger partial charge in [0, 0.05) is 13.7 Å². The lowest BCUT2D eigenvalue weighted by atomic mass is 10.1. The van der Waals surface area contributed by atoms with Gasteiger partial charge in [0.25, 0.3) is 5.91 Å². The zero-order chi connectivity index (χ0) is 16.1. The Balaban J connectivity index is 2.11. The SMILES string of the molecule is COCCn1cnnc1C(C)NC(=O)c1cccc(C)c1O. The first-order chi connectivity index (χ1) is 10.5. The van der Waals surface area contributed by atoms with Crippen LogP contribution in [0.5, 0.6) is 5.75 Å². The number of phenolic OH excluding ortho intramolecular Hbond substituents is 1. The van der Waals surface area contributed by atoms with E-state index in [1.54, 1.807) is 38.6 Å². The molecule has 1 aromatic heterocycles. The highest BCUT2D eigenvalue weighted by Gasteiger charge is 2.19. The first-order valence-electron chi connectivity index (χ1n) is 7.00. The quantitative estimate of drug-likeness (QED) is 0.842. The normalized spacial score (nSPS) is 12.1. The maximum Gasteiger partial charge on any atom is 0.255 e. The van der Waals surface area contributed by atoms with Crippen LogP contribution in [0.2, 0.25) is 0 Å². The molecule has 0 aliphatic rings. The lowest BCUT2D eigenvalue weighted by molar-refractivity contribution is 0.0934. The molecule has 0 fully saturated rings. The Morgan fingerprint density at radius 1 is 1.50 bits per heavy atom. The number of hydrogen-bond donors (Lipinski definition) is 2. The van der Waals surface area contributed by atoms with Crippen molar-refractivity contribution < 1.29 is 14.6 Å². The summed E-state index contributed by atoms with van der Waals surface area (Å²) in [5.74, 6) is 0.278. The fourth-order valence-electron chi connectivity index (χ4n) is 2.14. The van der Waals surface area contributed by atoms with Crippen LogP contribution in [0.15, 0.2) is 24.5 Å². The number of aromatic hydroxyl groups is 1. The van der Waals surface area contributed by atoms with Crippen LogP contribution in [0.25, 0.3) is 0 Å². The lowest BCUT2D eigenvalue weighted by Gasteiger charge is -2.15. The van der Waals surface area contributed by atoms with Gasteiger partial charge in [-0.2, -0.15) is 0 Å². The Kier molecular flexibility index (Phi) is 5.11. The average molecular weight is 304 g/mol. The number of ether oxygens (including phenoxy) is 1. The standard InChI is InChI=1S/C15H20N4O3/c1-10-5-4-6-12(13(10)20)15(21)17-11(2)14-18-16-9-19(14)7-8-22-3/h4-6,9,11,20H,7-8H2,1-3H3,(H,17,21). The molecule has 1 atom stereocenters. The molecule has 1 amide bonds. The van der Waals surface area contributed by atoms with Gasteiger partial charge in [-0.15, -0.1) is 10.2 Å². The number of methoxy groups -OCH3 is 1. The molecular weight excluding hydrogens is 284 g/mol. The summed E-state index contributed by atoms with van der Waals surface area (Å²) in [5.41, 5.74) is 0.901. The van der Waals surface area contributed by atoms with Gasteiger partial charge >= 0.3 is 0 Å². The van der Waals surface area contributed by atoms with E-state index in [1.807, 2.05) is 11.5 Å². The molecule has 22 heavy (non-hydrogen) atoms. The Morgan fingerprint density at radius 2 is 2.27 bits per heavy atom. The highest BCUT2D eigenvalue weighted by Crippen LogP contribution is 2.22. The first-order valence-corrected chi connectivity index (χ1v) is 7.00. The van der Waals surface area contributed by atoms with Gasteiger partial charge in [0.15, 0.2) is 5.82 Å². The van der Waals surface area contributed by atoms with Gasteiger partial charge in [-0.1, -0.05) is 12.1 Å². The predicted octanol–water partition coefficient (Wildman–Crippen LogP) is 1.43. The van der Waals surface area contributed by atoms with Gasteiger partial charge in [-0.05, 0) is 25.5 Å². The van der Waals surface area contributed by atoms with Crippen LogP contribution in [-0.2, 0) is 11.3 Å². The van der Waals surface area contributed by atoms with E-state index < -0.39 is 0 Å². The van der Waals surface area contributed by atoms with Crippen LogP contribution in [-0.4, -0.2) is 39.5 Å². The fraction of sp³-hybridized carbons (Fsp3) is 0.400. The van der Waals surface area contributed by atoms with Crippen LogP contribution in [0.3, 0.4) is 0 Å². The van der Waals surface area contributed by atoms with Crippen LogP contribution >= 0.6 is 0 Å². The van der Waals surface area contributed by atoms with Gasteiger partial charge in [0.05, 0.1) is 18.2 Å². The van der Waals surface area contributed by atoms with Gasteiger partial charge in [0.2, 0.25) is 0 Å². The third-order valence-corrected chi connectivity index (χ3v) is 3.40. The summed E-state index contributed by atoms with van der Waals surface area (Å²) in [4.78, 5) is 12.3. The van der Waals surface area contributed by atoms with Crippen molar-refractivity contribution in [3.8, 4) is 5.75 Å². The second kappa shape index (κ2) is 7.04. The number of benzene rings is 1. The molecule has 0 bridgehead atoms. The topological polar surface area (TPSA) is 89.3 Å². The third kappa shape index (κ3) is 3.43. The van der Waals surface area contributed by atoms with E-state index in [2.05, 4.69) is 15.5 Å². The molecule has 2 N–H and O–H groups in total. The second-order valence-corrected chi connectivity index (χ2v) is 5.04. The Hall–Kier alpha value is -2.41. The molecule has 1 heterocycles. The Labute approximate surface area is 128 Å². The minimum absolute atomic E-state index is 0.00644. The minimum Gasteiger partial charge on any atom is -0.507 e. The van der Waals surface area contributed by atoms with E-state index in [-0.39, 0.29) is 23.3 Å². The summed E-state index contributed by atoms with van der Waals surface area (Å²) in [6, 6.07) is 4.72. The van der Waals surface area contributed by atoms with Crippen molar-refractivity contribution in [3.05, 3.63) is 41.5 Å². The molecule has 0 spiro atoms. The van der Waals surface area contributed by atoms with E-state index in [4.69, 9.17) is 4.74 Å². The van der Waals surface area contributed by atoms with Crippen LogP contribution in [0, 0.1) is 6.92 Å². The largest absolute Gasteiger partial charge is 0.507 e. The molecule has 7 heteroatoms. The zero-order valence-corrected chi connectivity index (χ0v) is 12.9. The van der Waals surface area contributed by atoms with Crippen molar-refractivity contribution in [2.45, 2.75) is 26.4 Å². The number of carbonyl (C=O) groups is 1. The summed E-state index contributed by atoms with van der Waals surface area (Å²) in [7, 11) is 1.62. The number of phenols is 1. The number of aryl methyl sites for hydroxylation is 1. The molecule has 0 aliphatic carbocycles. The highest BCUT2D eigenvalue weighted by atomic mass is 16.5. The number of nitrogens with zero attached hydrogens (tertiary/aromatic N) is 3. The molecule has 0 saturated heterocycles. The summed E-state index contributed by atoms with van der Waals surface area (Å²) in [6.45, 7) is 4.70. The molecule has 0 saturated carbocycles. The van der Waals surface area contributed by atoms with Crippen LogP contribution in [0.4, 0.5) is 0 Å². The fourth-order valence-corrected chi connectivity index (χ4v) is 2.14. The predicted molar refractivity (Wildman–Crippen MR) is 80.6 cm³/mol. The molecule has 0 radical (unpaired) electrons. The van der Waals surface area contributed by atoms with Crippen LogP contribution < -0.4 is 5.32 Å². The van der Waals surface area contributed by atoms with Crippen molar-refractivity contribution in [2.24, 2.45) is 0 Å². The van der Waals surface area contributed by atoms with Crippen molar-refractivity contribution in [1.29, 1.82) is 0 Å². The summed E-state index contributed by atoms with van der Waals surface area (Å²) < 4.78 is 6.86. The average Bonchev–Trinajstić information content (AvgIpc) is 2.96. The highest BCUT2D eigenvalue weighted by molar-refractivity contribution is 5.97. The Morgan fingerprint density at radius 3 is 3.00 bits per heavy atom. The van der Waals surface area contributed by atoms with Crippen molar-refractivity contribution in [1.82, 2.24) is 20.1 Å². The number of rotatable bonds is 6. The number of para-hydroxylation sites is 1. The number of aromatic nitrogens is 3. The van der Waals surface area contributed by atoms with E-state index in [9.17, 15) is 9.90 Å². The van der Waals surface area contributed by atoms with Gasteiger partial charge in [-0.3, -0.25) is 4.79 Å². The van der Waals surface area contributed by atoms with Crippen molar-refractivity contribution in [3.63, 3.8) is 0 Å². The van der Waals surface area contributed by atoms with Gasteiger partial charge in [-0.25, -0.2) is 0 Å². The Bertz CT molecular complexity index is 654. The first kappa shape index (κ1) is 16.0. The number of hydrogen-bond acceptors (Lipinski definition) is 5. The molecule has 0 aliphatic heterocycles. The van der Waals surface area contributed by atoms with E-state index >= 15 is 0 Å². The molecular formula is C15H20N4O3. The lowest BCUT2D eigenvalue weighted by Crippen LogP contribution is -2.29. The zero-order valence-electron chi connectivity index (χ0n) is 12.9. The molecule has 1 aromatic carbocycles. The number of amides is 1. The summed E-state index contributed by atoms with van der Waals surface area (Å²) >= 11 is 0. The minimum atomic E-state index is -0.352. The summed E-state index contributed by atoms with van der Waals surface area (Å²) in [6.07, 6.45) is 1.60. The molecule has 118 valence electrons. The maximum atomic E-state index is 12.3. The molecule has 1 unspecified atom stereocenters. The van der Waals surface area contributed by atoms with Gasteiger partial charge in [0.1, 0.15) is 12.1 Å². The molecule has 7 nitrogen and oxygen atoms in total. The molecule has 2 rings (SSSR count). The second-order valence-electron chi connectivity index (χ2n) is 5.04. The van der Waals surface area contributed by atoms with E-state index in [0.29, 0.717) is 24.5 Å². The summed E-state index contributed by atoms with van der Waals surface area (Å²) in [5, 5.41) is 20.7. The van der Waals surface area contributed by atoms with Crippen LogP contribution in [0.1, 0.15) is 34.7 Å². The van der Waals surface area contributed by atoms with Crippen molar-refractivity contribution in [2.75, 3.05) is 13.7 Å². The smallest absolute Gasteiger partial charge is 0.255 e. The van der Waals surface area contributed by atoms with Gasteiger partial charge < -0.3 is 19.7 Å². The third-order valence-electron chi connectivity index (χ3n) is 3.40. The van der Waals surface area contributed by atoms with E-state index in [0.717, 1.165) is 0 Å². The molecule has 2 aromatic rings. The number of carbonyl (C=O) groups excluding carboxylic acids is 1.